The van der Waals surface area contributed by atoms with E-state index in [0.717, 1.165) is 16.9 Å². The van der Waals surface area contributed by atoms with E-state index in [2.05, 4.69) is 10.2 Å². The lowest BCUT2D eigenvalue weighted by atomic mass is 10.1. The minimum absolute atomic E-state index is 0.0567. The number of hydrogen-bond acceptors (Lipinski definition) is 3. The van der Waals surface area contributed by atoms with Crippen LogP contribution in [0.3, 0.4) is 0 Å². The molecule has 2 aromatic rings. The first-order chi connectivity index (χ1) is 11.9. The van der Waals surface area contributed by atoms with E-state index in [0.29, 0.717) is 16.6 Å². The first-order valence-corrected chi connectivity index (χ1v) is 8.67. The summed E-state index contributed by atoms with van der Waals surface area (Å²) in [5.41, 5.74) is 1.94. The van der Waals surface area contributed by atoms with Gasteiger partial charge in [0.1, 0.15) is 5.75 Å². The number of hydrogen-bond donors (Lipinski definition) is 1. The van der Waals surface area contributed by atoms with E-state index in [1.807, 2.05) is 38.4 Å². The molecule has 0 heterocycles. The molecule has 4 nitrogen and oxygen atoms in total. The molecule has 134 valence electrons. The second kappa shape index (κ2) is 9.09. The molecule has 1 atom stereocenters. The topological polar surface area (TPSA) is 41.6 Å². The smallest absolute Gasteiger partial charge is 0.224 e. The number of likely N-dealkylation sites (N-methyl/N-ethyl adjacent to an activating group) is 1. The van der Waals surface area contributed by atoms with Crippen molar-refractivity contribution in [2.24, 2.45) is 0 Å². The van der Waals surface area contributed by atoms with Gasteiger partial charge < -0.3 is 15.0 Å². The van der Waals surface area contributed by atoms with Gasteiger partial charge in [0.2, 0.25) is 5.91 Å². The third-order valence-corrected chi connectivity index (χ3v) is 4.70. The lowest BCUT2D eigenvalue weighted by molar-refractivity contribution is -0.120. The summed E-state index contributed by atoms with van der Waals surface area (Å²) in [6.45, 7) is 0.513. The molecule has 0 aliphatic carbocycles. The van der Waals surface area contributed by atoms with E-state index in [-0.39, 0.29) is 18.4 Å². The molecule has 0 radical (unpaired) electrons. The van der Waals surface area contributed by atoms with Crippen molar-refractivity contribution in [3.63, 3.8) is 0 Å². The van der Waals surface area contributed by atoms with E-state index in [9.17, 15) is 4.79 Å². The molecule has 2 aromatic carbocycles. The highest BCUT2D eigenvalue weighted by atomic mass is 35.5. The summed E-state index contributed by atoms with van der Waals surface area (Å²) in [6, 6.07) is 13.2. The molecule has 0 unspecified atom stereocenters. The monoisotopic (exact) mass is 380 g/mol. The maximum Gasteiger partial charge on any atom is 0.224 e. The van der Waals surface area contributed by atoms with E-state index in [1.54, 1.807) is 25.3 Å². The van der Waals surface area contributed by atoms with Crippen LogP contribution < -0.4 is 10.1 Å². The van der Waals surface area contributed by atoms with Crippen molar-refractivity contribution in [2.75, 3.05) is 27.7 Å². The standard InChI is InChI=1S/C19H22Cl2N2O2/c1-23(2)18(14-5-7-15(25-3)8-6-14)12-22-19(24)11-13-4-9-16(20)17(21)10-13/h4-10,18H,11-12H2,1-3H3,(H,22,24)/t18-/m0/s1. The van der Waals surface area contributed by atoms with Crippen LogP contribution in [0.5, 0.6) is 5.75 Å². The van der Waals surface area contributed by atoms with Gasteiger partial charge in [-0.2, -0.15) is 0 Å². The molecule has 1 amide bonds. The normalized spacial score (nSPS) is 12.1. The van der Waals surface area contributed by atoms with E-state index >= 15 is 0 Å². The number of nitrogens with one attached hydrogen (secondary N) is 1. The van der Waals surface area contributed by atoms with Gasteiger partial charge in [-0.1, -0.05) is 41.4 Å². The third kappa shape index (κ3) is 5.63. The Morgan fingerprint density at radius 3 is 2.36 bits per heavy atom. The van der Waals surface area contributed by atoms with E-state index in [4.69, 9.17) is 27.9 Å². The quantitative estimate of drug-likeness (QED) is 0.789. The van der Waals surface area contributed by atoms with Gasteiger partial charge in [-0.25, -0.2) is 0 Å². The third-order valence-electron chi connectivity index (χ3n) is 3.97. The Bertz CT molecular complexity index is 718. The number of ether oxygens (including phenoxy) is 1. The zero-order valence-corrected chi connectivity index (χ0v) is 16.1. The van der Waals surface area contributed by atoms with E-state index < -0.39 is 0 Å². The van der Waals surface area contributed by atoms with Gasteiger partial charge in [-0.15, -0.1) is 0 Å². The molecule has 0 spiro atoms. The highest BCUT2D eigenvalue weighted by Gasteiger charge is 2.15. The number of methoxy groups -OCH3 is 1. The molecule has 0 aliphatic rings. The van der Waals surface area contributed by atoms with Crippen LogP contribution in [0.25, 0.3) is 0 Å². The van der Waals surface area contributed by atoms with Crippen molar-refractivity contribution in [3.05, 3.63) is 63.6 Å². The zero-order chi connectivity index (χ0) is 18.4. The Labute approximate surface area is 158 Å². The molecular formula is C19H22Cl2N2O2. The Morgan fingerprint density at radius 1 is 1.12 bits per heavy atom. The number of carbonyl (C=O) groups is 1. The minimum atomic E-state index is -0.0567. The molecule has 25 heavy (non-hydrogen) atoms. The average molecular weight is 381 g/mol. The van der Waals surface area contributed by atoms with Gasteiger partial charge in [0.05, 0.1) is 29.6 Å². The van der Waals surface area contributed by atoms with Crippen LogP contribution in [-0.4, -0.2) is 38.6 Å². The van der Waals surface area contributed by atoms with Crippen molar-refractivity contribution in [2.45, 2.75) is 12.5 Å². The minimum Gasteiger partial charge on any atom is -0.497 e. The Morgan fingerprint density at radius 2 is 1.80 bits per heavy atom. The molecule has 0 saturated carbocycles. The summed E-state index contributed by atoms with van der Waals surface area (Å²) in [5, 5.41) is 3.93. The van der Waals surface area contributed by atoms with Gasteiger partial charge in [0, 0.05) is 6.54 Å². The van der Waals surface area contributed by atoms with Crippen molar-refractivity contribution in [1.82, 2.24) is 10.2 Å². The lowest BCUT2D eigenvalue weighted by Gasteiger charge is -2.25. The highest BCUT2D eigenvalue weighted by Crippen LogP contribution is 2.23. The van der Waals surface area contributed by atoms with Crippen molar-refractivity contribution in [1.29, 1.82) is 0 Å². The summed E-state index contributed by atoms with van der Waals surface area (Å²) >= 11 is 11.9. The molecular weight excluding hydrogens is 359 g/mol. The first-order valence-electron chi connectivity index (χ1n) is 7.91. The molecule has 0 bridgehead atoms. The number of carbonyl (C=O) groups excluding carboxylic acids is 1. The Hall–Kier alpha value is -1.75. The predicted octanol–water partition coefficient (Wildman–Crippen LogP) is 3.96. The molecule has 0 aromatic heterocycles. The summed E-state index contributed by atoms with van der Waals surface area (Å²) in [5.74, 6) is 0.753. The number of halogens is 2. The van der Waals surface area contributed by atoms with Gasteiger partial charge in [-0.3, -0.25) is 4.79 Å². The summed E-state index contributed by atoms with van der Waals surface area (Å²) < 4.78 is 5.19. The lowest BCUT2D eigenvalue weighted by Crippen LogP contribution is -2.35. The number of rotatable bonds is 7. The fraction of sp³-hybridized carbons (Fsp3) is 0.316. The molecule has 0 saturated heterocycles. The number of benzene rings is 2. The maximum atomic E-state index is 12.2. The highest BCUT2D eigenvalue weighted by molar-refractivity contribution is 6.42. The fourth-order valence-corrected chi connectivity index (χ4v) is 2.85. The van der Waals surface area contributed by atoms with Crippen molar-refractivity contribution < 1.29 is 9.53 Å². The van der Waals surface area contributed by atoms with Gasteiger partial charge in [0.15, 0.2) is 0 Å². The Balaban J connectivity index is 1.97. The summed E-state index contributed by atoms with van der Waals surface area (Å²) in [4.78, 5) is 14.3. The van der Waals surface area contributed by atoms with Gasteiger partial charge >= 0.3 is 0 Å². The van der Waals surface area contributed by atoms with Gasteiger partial charge in [-0.05, 0) is 49.5 Å². The van der Waals surface area contributed by atoms with Gasteiger partial charge in [0.25, 0.3) is 0 Å². The summed E-state index contributed by atoms with van der Waals surface area (Å²) in [7, 11) is 5.61. The number of nitrogens with zero attached hydrogens (tertiary/aromatic N) is 1. The van der Waals surface area contributed by atoms with Crippen LogP contribution in [0.15, 0.2) is 42.5 Å². The number of amides is 1. The zero-order valence-electron chi connectivity index (χ0n) is 14.6. The van der Waals surface area contributed by atoms with Crippen molar-refractivity contribution in [3.8, 4) is 5.75 Å². The van der Waals surface area contributed by atoms with Crippen LogP contribution >= 0.6 is 23.2 Å². The average Bonchev–Trinajstić information content (AvgIpc) is 2.58. The molecule has 0 aliphatic heterocycles. The SMILES string of the molecule is COc1ccc([C@H](CNC(=O)Cc2ccc(Cl)c(Cl)c2)N(C)C)cc1. The van der Waals surface area contributed by atoms with Crippen LogP contribution in [-0.2, 0) is 11.2 Å². The fourth-order valence-electron chi connectivity index (χ4n) is 2.53. The van der Waals surface area contributed by atoms with Crippen LogP contribution in [0, 0.1) is 0 Å². The van der Waals surface area contributed by atoms with Crippen LogP contribution in [0.4, 0.5) is 0 Å². The second-order valence-corrected chi connectivity index (χ2v) is 6.80. The van der Waals surface area contributed by atoms with Crippen molar-refractivity contribution >= 4 is 29.1 Å². The Kier molecular flexibility index (Phi) is 7.12. The molecule has 6 heteroatoms. The predicted molar refractivity (Wildman–Crippen MR) is 103 cm³/mol. The molecule has 1 N–H and O–H groups in total. The molecule has 2 rings (SSSR count). The van der Waals surface area contributed by atoms with Crippen LogP contribution in [0.2, 0.25) is 10.0 Å². The summed E-state index contributed by atoms with van der Waals surface area (Å²) in [6.07, 6.45) is 0.264. The molecule has 0 fully saturated rings. The largest absolute Gasteiger partial charge is 0.497 e. The maximum absolute atomic E-state index is 12.2. The second-order valence-electron chi connectivity index (χ2n) is 5.98. The van der Waals surface area contributed by atoms with E-state index in [1.165, 1.54) is 0 Å². The van der Waals surface area contributed by atoms with Crippen LogP contribution in [0.1, 0.15) is 17.2 Å². The first kappa shape index (κ1) is 19.6.